The minimum absolute atomic E-state index is 0.00766. The number of allylic oxidation sites excluding steroid dienone is 4. The molecular weight excluding hydrogens is 1010 g/mol. The van der Waals surface area contributed by atoms with Crippen LogP contribution >= 0.6 is 0 Å². The fourth-order valence-electron chi connectivity index (χ4n) is 12.0. The predicted molar refractivity (Wildman–Crippen MR) is 356 cm³/mol. The van der Waals surface area contributed by atoms with Gasteiger partial charge in [0.1, 0.15) is 6.61 Å². The molecule has 486 valence electrons. The van der Waals surface area contributed by atoms with Gasteiger partial charge in [-0.25, -0.2) is 0 Å². The quantitative estimate of drug-likeness (QED) is 0.0260. The fourth-order valence-corrected chi connectivity index (χ4v) is 12.0. The first kappa shape index (κ1) is 80.3. The van der Waals surface area contributed by atoms with Crippen molar-refractivity contribution in [2.75, 3.05) is 26.4 Å². The average molecular weight is 1160 g/mol. The highest BCUT2D eigenvalue weighted by atomic mass is 16.9. The van der Waals surface area contributed by atoms with Gasteiger partial charge in [-0.1, -0.05) is 302 Å². The summed E-state index contributed by atoms with van der Waals surface area (Å²) in [6.07, 6.45) is 76.5. The van der Waals surface area contributed by atoms with E-state index in [9.17, 15) is 9.59 Å². The molecule has 0 radical (unpaired) electrons. The van der Waals surface area contributed by atoms with Crippen LogP contribution in [-0.2, 0) is 33.3 Å². The van der Waals surface area contributed by atoms with Gasteiger partial charge in [0, 0.05) is 32.5 Å². The van der Waals surface area contributed by atoms with Gasteiger partial charge < -0.3 is 23.7 Å². The highest BCUT2D eigenvalue weighted by molar-refractivity contribution is 5.69. The van der Waals surface area contributed by atoms with Gasteiger partial charge in [0.05, 0.1) is 12.7 Å². The third-order valence-electron chi connectivity index (χ3n) is 17.2. The lowest BCUT2D eigenvalue weighted by Crippen LogP contribution is -2.43. The Morgan fingerprint density at radius 3 is 1.16 bits per heavy atom. The summed E-state index contributed by atoms with van der Waals surface area (Å²) in [7, 11) is 0. The highest BCUT2D eigenvalue weighted by Gasteiger charge is 2.35. The molecular formula is C75H144O7. The first-order chi connectivity index (χ1) is 40.3. The molecule has 0 N–H and O–H groups in total. The number of rotatable bonds is 68. The van der Waals surface area contributed by atoms with E-state index in [0.29, 0.717) is 39.1 Å². The van der Waals surface area contributed by atoms with Crippen LogP contribution in [0.3, 0.4) is 0 Å². The van der Waals surface area contributed by atoms with Gasteiger partial charge in [0.2, 0.25) is 0 Å². The first-order valence-electron chi connectivity index (χ1n) is 36.9. The van der Waals surface area contributed by atoms with E-state index in [1.165, 1.54) is 283 Å². The number of carbonyl (C=O) groups excluding carboxylic acids is 2. The number of esters is 2. The summed E-state index contributed by atoms with van der Waals surface area (Å²) in [4.78, 5) is 25.4. The third kappa shape index (κ3) is 56.1. The molecule has 0 rings (SSSR count). The van der Waals surface area contributed by atoms with E-state index in [1.54, 1.807) is 0 Å². The van der Waals surface area contributed by atoms with E-state index in [4.69, 9.17) is 23.7 Å². The summed E-state index contributed by atoms with van der Waals surface area (Å²) in [5, 5.41) is 0. The van der Waals surface area contributed by atoms with Gasteiger partial charge in [-0.15, -0.1) is 0 Å². The van der Waals surface area contributed by atoms with Crippen molar-refractivity contribution in [3.05, 3.63) is 24.3 Å². The van der Waals surface area contributed by atoms with Crippen LogP contribution in [0.4, 0.5) is 0 Å². The van der Waals surface area contributed by atoms with E-state index in [2.05, 4.69) is 52.0 Å². The van der Waals surface area contributed by atoms with Crippen molar-refractivity contribution in [2.45, 2.75) is 407 Å². The Kier molecular flexibility index (Phi) is 63.9. The Morgan fingerprint density at radius 2 is 0.707 bits per heavy atom. The second-order valence-electron chi connectivity index (χ2n) is 25.2. The van der Waals surface area contributed by atoms with Crippen LogP contribution in [0.1, 0.15) is 395 Å². The number of unbranched alkanes of at least 4 members (excludes halogenated alkanes) is 40. The molecule has 0 aromatic carbocycles. The van der Waals surface area contributed by atoms with Crippen LogP contribution in [-0.4, -0.2) is 50.4 Å². The van der Waals surface area contributed by atoms with E-state index in [1.807, 2.05) is 20.8 Å². The molecule has 7 nitrogen and oxygen atoms in total. The molecule has 82 heavy (non-hydrogen) atoms. The number of hydrogen-bond acceptors (Lipinski definition) is 7. The summed E-state index contributed by atoms with van der Waals surface area (Å²) >= 11 is 0. The maximum atomic E-state index is 12.9. The Bertz CT molecular complexity index is 1340. The molecule has 0 fully saturated rings. The second kappa shape index (κ2) is 65.3. The van der Waals surface area contributed by atoms with Crippen molar-refractivity contribution in [3.63, 3.8) is 0 Å². The van der Waals surface area contributed by atoms with E-state index >= 15 is 0 Å². The average Bonchev–Trinajstić information content (AvgIpc) is 3.46. The lowest BCUT2D eigenvalue weighted by Gasteiger charge is -2.35. The Hall–Kier alpha value is -1.70. The number of carbonyl (C=O) groups is 2. The van der Waals surface area contributed by atoms with Gasteiger partial charge in [0.25, 0.3) is 5.97 Å². The molecule has 3 unspecified atom stereocenters. The minimum atomic E-state index is -1.09. The van der Waals surface area contributed by atoms with Crippen molar-refractivity contribution >= 4 is 11.9 Å². The second-order valence-corrected chi connectivity index (χ2v) is 25.2. The highest BCUT2D eigenvalue weighted by Crippen LogP contribution is 2.33. The molecule has 7 heteroatoms. The summed E-state index contributed by atoms with van der Waals surface area (Å²) in [6.45, 7) is 16.9. The van der Waals surface area contributed by atoms with E-state index in [0.717, 1.165) is 56.8 Å². The molecule has 0 aromatic heterocycles. The third-order valence-corrected chi connectivity index (χ3v) is 17.2. The lowest BCUT2D eigenvalue weighted by molar-refractivity contribution is -0.394. The van der Waals surface area contributed by atoms with Crippen LogP contribution in [0, 0.1) is 11.8 Å². The molecule has 0 aromatic rings. The Morgan fingerprint density at radius 1 is 0.354 bits per heavy atom. The maximum Gasteiger partial charge on any atom is 0.305 e. The number of hydrogen-bond donors (Lipinski definition) is 0. The molecule has 0 heterocycles. The normalized spacial score (nSPS) is 13.2. The molecule has 0 spiro atoms. The van der Waals surface area contributed by atoms with Crippen molar-refractivity contribution in [3.8, 4) is 0 Å². The SMILES string of the molecule is CCCCC/C=C\CCC(CCCCCCCC(=O)OCC(C)OC(CCCCCCCCCCCCC)(OCC)OCC)C(C/C=C\CCCCC)CCCCCCCCC(=O)OCCCCCCCCCCCCCCCCCC. The fraction of sp³-hybridized carbons (Fsp3) is 0.920. The zero-order valence-corrected chi connectivity index (χ0v) is 56.4. The molecule has 0 aliphatic carbocycles. The smallest absolute Gasteiger partial charge is 0.305 e. The monoisotopic (exact) mass is 1160 g/mol. The van der Waals surface area contributed by atoms with Crippen LogP contribution < -0.4 is 0 Å². The summed E-state index contributed by atoms with van der Waals surface area (Å²) < 4.78 is 30.0. The predicted octanol–water partition coefficient (Wildman–Crippen LogP) is 24.7. The summed E-state index contributed by atoms with van der Waals surface area (Å²) in [6, 6.07) is 0. The van der Waals surface area contributed by atoms with Crippen molar-refractivity contribution in [1.29, 1.82) is 0 Å². The topological polar surface area (TPSA) is 80.3 Å². The van der Waals surface area contributed by atoms with E-state index < -0.39 is 5.97 Å². The molecule has 3 atom stereocenters. The molecule has 0 saturated heterocycles. The van der Waals surface area contributed by atoms with Gasteiger partial charge in [-0.2, -0.15) is 0 Å². The van der Waals surface area contributed by atoms with Crippen LogP contribution in [0.5, 0.6) is 0 Å². The lowest BCUT2D eigenvalue weighted by atomic mass is 9.79. The zero-order valence-electron chi connectivity index (χ0n) is 56.4. The first-order valence-corrected chi connectivity index (χ1v) is 36.9. The summed E-state index contributed by atoms with van der Waals surface area (Å²) in [5.41, 5.74) is 0. The zero-order chi connectivity index (χ0) is 59.8. The van der Waals surface area contributed by atoms with Gasteiger partial charge >= 0.3 is 11.9 Å². The molecule has 0 aliphatic rings. The van der Waals surface area contributed by atoms with Crippen molar-refractivity contribution < 1.29 is 33.3 Å². The Balaban J connectivity index is 4.79. The van der Waals surface area contributed by atoms with Crippen molar-refractivity contribution in [1.82, 2.24) is 0 Å². The van der Waals surface area contributed by atoms with E-state index in [-0.39, 0.29) is 24.6 Å². The van der Waals surface area contributed by atoms with Gasteiger partial charge in [-0.05, 0) is 110 Å². The maximum absolute atomic E-state index is 12.9. The van der Waals surface area contributed by atoms with Gasteiger partial charge in [-0.3, -0.25) is 9.59 Å². The molecule has 0 bridgehead atoms. The van der Waals surface area contributed by atoms with Crippen LogP contribution in [0.15, 0.2) is 24.3 Å². The number of ether oxygens (including phenoxy) is 5. The molecule has 0 saturated carbocycles. The minimum Gasteiger partial charge on any atom is -0.466 e. The van der Waals surface area contributed by atoms with Gasteiger partial charge in [0.15, 0.2) is 0 Å². The largest absolute Gasteiger partial charge is 0.466 e. The standard InChI is InChI=1S/C75H144O7/c1-8-14-18-22-26-28-30-31-32-33-34-36-38-43-52-60-68-78-73(76)65-57-49-41-40-47-55-63-71(61-53-45-25-21-17-11-4)72(62-54-46-39-24-20-16-10-3)64-56-48-44-50-58-66-74(77)79-69-70(7)82-75(80-12-5,81-13-6)67-59-51-42-37-35-29-27-23-19-15-9-2/h39,45-46,53,70-72H,8-38,40-44,47-52,54-69H2,1-7H3/b46-39-,53-45-. The Labute approximate surface area is 512 Å². The molecule has 0 amide bonds. The van der Waals surface area contributed by atoms with Crippen molar-refractivity contribution in [2.24, 2.45) is 11.8 Å². The summed E-state index contributed by atoms with van der Waals surface area (Å²) in [5.74, 6) is 0.262. The van der Waals surface area contributed by atoms with Crippen LogP contribution in [0.25, 0.3) is 0 Å². The van der Waals surface area contributed by atoms with Crippen LogP contribution in [0.2, 0.25) is 0 Å². The molecule has 0 aliphatic heterocycles.